The fourth-order valence-electron chi connectivity index (χ4n) is 4.35. The minimum Gasteiger partial charge on any atom is -0.356 e. The maximum Gasteiger partial charge on any atom is 0.330 e. The molecule has 0 atom stereocenters. The van der Waals surface area contributed by atoms with E-state index in [1.54, 1.807) is 29.5 Å². The molecule has 1 saturated heterocycles. The van der Waals surface area contributed by atoms with Crippen molar-refractivity contribution in [3.8, 4) is 0 Å². The molecule has 5 rings (SSSR count). The predicted octanol–water partition coefficient (Wildman–Crippen LogP) is 2.47. The molecule has 0 N–H and O–H groups in total. The van der Waals surface area contributed by atoms with E-state index < -0.39 is 0 Å². The normalized spacial score (nSPS) is 15.4. The fourth-order valence-corrected chi connectivity index (χ4v) is 4.35. The number of aromatic nitrogens is 6. The molecule has 0 spiro atoms. The van der Waals surface area contributed by atoms with Crippen molar-refractivity contribution in [3.63, 3.8) is 0 Å². The van der Waals surface area contributed by atoms with Crippen LogP contribution in [0.3, 0.4) is 0 Å². The first-order chi connectivity index (χ1) is 14.3. The quantitative estimate of drug-likeness (QED) is 0.533. The van der Waals surface area contributed by atoms with E-state index in [0.29, 0.717) is 19.0 Å². The third-order valence-electron chi connectivity index (χ3n) is 5.86. The van der Waals surface area contributed by atoms with Crippen LogP contribution in [0.15, 0.2) is 47.9 Å². The van der Waals surface area contributed by atoms with Gasteiger partial charge in [0.15, 0.2) is 5.65 Å². The van der Waals surface area contributed by atoms with Crippen LogP contribution in [0.4, 0.5) is 5.82 Å². The number of nitrogens with zero attached hydrogens (tertiary/aromatic N) is 7. The molecule has 0 bridgehead atoms. The number of pyridine rings is 2. The Kier molecular flexibility index (Phi) is 4.46. The number of rotatable bonds is 4. The first-order valence-electron chi connectivity index (χ1n) is 10.1. The highest BCUT2D eigenvalue weighted by molar-refractivity contribution is 5.88. The SMILES string of the molecule is CCn1c(=O)n(CC2CCN(c3ncnc4cnccc34)CC2)c2ncccc21. The Hall–Kier alpha value is -3.29. The van der Waals surface area contributed by atoms with E-state index >= 15 is 0 Å². The molecule has 8 nitrogen and oxygen atoms in total. The van der Waals surface area contributed by atoms with Gasteiger partial charge in [-0.3, -0.25) is 14.1 Å². The third kappa shape index (κ3) is 3.04. The number of hydrogen-bond acceptors (Lipinski definition) is 6. The highest BCUT2D eigenvalue weighted by Gasteiger charge is 2.24. The van der Waals surface area contributed by atoms with E-state index in [1.165, 1.54) is 0 Å². The van der Waals surface area contributed by atoms with Crippen molar-refractivity contribution in [1.82, 2.24) is 29.1 Å². The van der Waals surface area contributed by atoms with Crippen molar-refractivity contribution in [3.05, 3.63) is 53.6 Å². The summed E-state index contributed by atoms with van der Waals surface area (Å²) in [5.41, 5.74) is 2.61. The van der Waals surface area contributed by atoms with Gasteiger partial charge >= 0.3 is 5.69 Å². The zero-order chi connectivity index (χ0) is 19.8. The van der Waals surface area contributed by atoms with Crippen LogP contribution in [0.1, 0.15) is 19.8 Å². The van der Waals surface area contributed by atoms with Gasteiger partial charge in [0.2, 0.25) is 0 Å². The van der Waals surface area contributed by atoms with E-state index in [2.05, 4.69) is 24.8 Å². The summed E-state index contributed by atoms with van der Waals surface area (Å²) >= 11 is 0. The zero-order valence-corrected chi connectivity index (χ0v) is 16.4. The molecule has 5 heterocycles. The molecule has 1 aliphatic rings. The van der Waals surface area contributed by atoms with Crippen LogP contribution < -0.4 is 10.6 Å². The predicted molar refractivity (Wildman–Crippen MR) is 112 cm³/mol. The lowest BCUT2D eigenvalue weighted by Crippen LogP contribution is -2.37. The lowest BCUT2D eigenvalue weighted by atomic mass is 9.96. The van der Waals surface area contributed by atoms with Crippen LogP contribution in [0.5, 0.6) is 0 Å². The van der Waals surface area contributed by atoms with Crippen molar-refractivity contribution >= 4 is 27.9 Å². The molecule has 1 aliphatic heterocycles. The molecular formula is C21H23N7O. The Balaban J connectivity index is 1.36. The molecule has 148 valence electrons. The molecule has 0 radical (unpaired) electrons. The van der Waals surface area contributed by atoms with Gasteiger partial charge in [0.1, 0.15) is 12.1 Å². The number of piperidine rings is 1. The minimum atomic E-state index is 0.0397. The summed E-state index contributed by atoms with van der Waals surface area (Å²) in [7, 11) is 0. The van der Waals surface area contributed by atoms with Crippen LogP contribution in [0.25, 0.3) is 22.1 Å². The van der Waals surface area contributed by atoms with Crippen molar-refractivity contribution in [2.75, 3.05) is 18.0 Å². The molecular weight excluding hydrogens is 366 g/mol. The molecule has 0 saturated carbocycles. The summed E-state index contributed by atoms with van der Waals surface area (Å²) in [6.07, 6.45) is 8.94. The van der Waals surface area contributed by atoms with Gasteiger partial charge in [-0.1, -0.05) is 0 Å². The molecule has 4 aromatic rings. The second-order valence-corrected chi connectivity index (χ2v) is 7.50. The second-order valence-electron chi connectivity index (χ2n) is 7.50. The van der Waals surface area contributed by atoms with Gasteiger partial charge in [0.05, 0.1) is 17.2 Å². The first kappa shape index (κ1) is 17.8. The highest BCUT2D eigenvalue weighted by atomic mass is 16.1. The average molecular weight is 389 g/mol. The number of imidazole rings is 1. The number of aryl methyl sites for hydroxylation is 1. The van der Waals surface area contributed by atoms with E-state index in [4.69, 9.17) is 0 Å². The average Bonchev–Trinajstić information content (AvgIpc) is 3.05. The van der Waals surface area contributed by atoms with E-state index in [0.717, 1.165) is 53.8 Å². The maximum absolute atomic E-state index is 12.9. The molecule has 0 aliphatic carbocycles. The Morgan fingerprint density at radius 2 is 1.93 bits per heavy atom. The van der Waals surface area contributed by atoms with E-state index in [1.807, 2.05) is 29.7 Å². The van der Waals surface area contributed by atoms with Crippen molar-refractivity contribution in [1.29, 1.82) is 0 Å². The monoisotopic (exact) mass is 389 g/mol. The molecule has 0 amide bonds. The van der Waals surface area contributed by atoms with Gasteiger partial charge in [0, 0.05) is 44.0 Å². The van der Waals surface area contributed by atoms with Gasteiger partial charge in [-0.15, -0.1) is 0 Å². The zero-order valence-electron chi connectivity index (χ0n) is 16.4. The topological polar surface area (TPSA) is 81.7 Å². The summed E-state index contributed by atoms with van der Waals surface area (Å²) in [4.78, 5) is 32.7. The molecule has 4 aromatic heterocycles. The van der Waals surface area contributed by atoms with Gasteiger partial charge in [-0.25, -0.2) is 19.7 Å². The molecule has 0 unspecified atom stereocenters. The Labute approximate surface area is 167 Å². The summed E-state index contributed by atoms with van der Waals surface area (Å²) in [6, 6.07) is 5.83. The summed E-state index contributed by atoms with van der Waals surface area (Å²) in [5, 5.41) is 1.03. The Morgan fingerprint density at radius 1 is 1.07 bits per heavy atom. The lowest BCUT2D eigenvalue weighted by molar-refractivity contribution is 0.354. The van der Waals surface area contributed by atoms with Crippen LogP contribution >= 0.6 is 0 Å². The Bertz CT molecular complexity index is 1220. The van der Waals surface area contributed by atoms with E-state index in [-0.39, 0.29) is 5.69 Å². The van der Waals surface area contributed by atoms with E-state index in [9.17, 15) is 4.79 Å². The minimum absolute atomic E-state index is 0.0397. The van der Waals surface area contributed by atoms with Crippen LogP contribution in [0, 0.1) is 5.92 Å². The highest BCUT2D eigenvalue weighted by Crippen LogP contribution is 2.27. The van der Waals surface area contributed by atoms with Crippen molar-refractivity contribution in [2.45, 2.75) is 32.9 Å². The third-order valence-corrected chi connectivity index (χ3v) is 5.86. The van der Waals surface area contributed by atoms with Crippen molar-refractivity contribution in [2.24, 2.45) is 5.92 Å². The summed E-state index contributed by atoms with van der Waals surface area (Å²) in [6.45, 7) is 5.18. The maximum atomic E-state index is 12.9. The summed E-state index contributed by atoms with van der Waals surface area (Å²) in [5.74, 6) is 1.41. The van der Waals surface area contributed by atoms with Gasteiger partial charge in [-0.2, -0.15) is 0 Å². The molecule has 8 heteroatoms. The standard InChI is InChI=1S/C21H23N7O/c1-2-27-18-4-3-8-23-20(18)28(21(27)29)13-15-6-10-26(11-7-15)19-16-5-9-22-12-17(16)24-14-25-19/h3-5,8-9,12,14-15H,2,6-7,10-11,13H2,1H3. The van der Waals surface area contributed by atoms with Gasteiger partial charge in [-0.05, 0) is 43.9 Å². The first-order valence-corrected chi connectivity index (χ1v) is 10.1. The Morgan fingerprint density at radius 3 is 2.76 bits per heavy atom. The van der Waals surface area contributed by atoms with Crippen LogP contribution in [-0.2, 0) is 13.1 Å². The van der Waals surface area contributed by atoms with Crippen LogP contribution in [-0.4, -0.2) is 42.2 Å². The fraction of sp³-hybridized carbons (Fsp3) is 0.381. The number of anilines is 1. The lowest BCUT2D eigenvalue weighted by Gasteiger charge is -2.33. The largest absolute Gasteiger partial charge is 0.356 e. The molecule has 1 fully saturated rings. The van der Waals surface area contributed by atoms with Crippen LogP contribution in [0.2, 0.25) is 0 Å². The number of fused-ring (bicyclic) bond motifs is 2. The molecule has 0 aromatic carbocycles. The van der Waals surface area contributed by atoms with Crippen molar-refractivity contribution < 1.29 is 0 Å². The number of hydrogen-bond donors (Lipinski definition) is 0. The van der Waals surface area contributed by atoms with Gasteiger partial charge < -0.3 is 4.90 Å². The summed E-state index contributed by atoms with van der Waals surface area (Å²) < 4.78 is 3.66. The van der Waals surface area contributed by atoms with Gasteiger partial charge in [0.25, 0.3) is 0 Å². The smallest absolute Gasteiger partial charge is 0.330 e. The second kappa shape index (κ2) is 7.27. The molecule has 29 heavy (non-hydrogen) atoms.